The lowest BCUT2D eigenvalue weighted by molar-refractivity contribution is 0.0517. The second-order valence-corrected chi connectivity index (χ2v) is 6.14. The smallest absolute Gasteiger partial charge is 0.169 e. The van der Waals surface area contributed by atoms with Crippen molar-refractivity contribution in [2.45, 2.75) is 25.4 Å². The Labute approximate surface area is 141 Å². The van der Waals surface area contributed by atoms with Crippen molar-refractivity contribution in [2.75, 3.05) is 20.3 Å². The Morgan fingerprint density at radius 2 is 2.21 bits per heavy atom. The van der Waals surface area contributed by atoms with E-state index in [-0.39, 0.29) is 17.6 Å². The first-order chi connectivity index (χ1) is 11.7. The Hall–Kier alpha value is -1.92. The van der Waals surface area contributed by atoms with Gasteiger partial charge in [0.25, 0.3) is 0 Å². The normalized spacial score (nSPS) is 17.0. The van der Waals surface area contributed by atoms with Gasteiger partial charge in [-0.3, -0.25) is 0 Å². The molecule has 6 heteroatoms. The van der Waals surface area contributed by atoms with Crippen LogP contribution in [0.4, 0.5) is 4.39 Å². The first-order valence-electron chi connectivity index (χ1n) is 8.30. The van der Waals surface area contributed by atoms with Gasteiger partial charge in [0, 0.05) is 44.8 Å². The molecule has 2 heterocycles. The molecule has 1 saturated heterocycles. The molecule has 1 aromatic heterocycles. The molecule has 5 nitrogen and oxygen atoms in total. The third-order valence-corrected chi connectivity index (χ3v) is 4.65. The fourth-order valence-corrected chi connectivity index (χ4v) is 3.27. The van der Waals surface area contributed by atoms with Gasteiger partial charge in [0.15, 0.2) is 11.6 Å². The number of rotatable bonds is 6. The minimum Gasteiger partial charge on any atom is -0.494 e. The fourth-order valence-electron chi connectivity index (χ4n) is 3.27. The Balaban J connectivity index is 1.78. The summed E-state index contributed by atoms with van der Waals surface area (Å²) in [6.45, 7) is 1.96. The van der Waals surface area contributed by atoms with Crippen molar-refractivity contribution in [2.24, 2.45) is 13.0 Å². The Morgan fingerprint density at radius 1 is 1.42 bits per heavy atom. The minimum absolute atomic E-state index is 0.0690. The van der Waals surface area contributed by atoms with Crippen LogP contribution in [-0.2, 0) is 18.3 Å². The third kappa shape index (κ3) is 3.60. The van der Waals surface area contributed by atoms with E-state index < -0.39 is 0 Å². The number of benzene rings is 1. The third-order valence-electron chi connectivity index (χ3n) is 4.65. The van der Waals surface area contributed by atoms with Crippen molar-refractivity contribution in [3.05, 3.63) is 47.8 Å². The molecule has 0 bridgehead atoms. The molecule has 1 fully saturated rings. The van der Waals surface area contributed by atoms with E-state index in [9.17, 15) is 4.39 Å². The molecule has 0 spiro atoms. The van der Waals surface area contributed by atoms with E-state index in [0.717, 1.165) is 31.9 Å². The van der Waals surface area contributed by atoms with Gasteiger partial charge in [0.1, 0.15) is 5.82 Å². The van der Waals surface area contributed by atoms with Crippen molar-refractivity contribution in [1.29, 1.82) is 0 Å². The molecule has 1 aliphatic rings. The zero-order valence-electron chi connectivity index (χ0n) is 14.2. The zero-order valence-corrected chi connectivity index (χ0v) is 14.2. The maximum absolute atomic E-state index is 14.4. The van der Waals surface area contributed by atoms with Crippen LogP contribution in [0.2, 0.25) is 0 Å². The van der Waals surface area contributed by atoms with Crippen LogP contribution < -0.4 is 10.1 Å². The molecule has 0 radical (unpaired) electrons. The molecule has 0 amide bonds. The van der Waals surface area contributed by atoms with E-state index in [0.29, 0.717) is 18.0 Å². The molecular weight excluding hydrogens is 309 g/mol. The molecule has 0 aliphatic carbocycles. The lowest BCUT2D eigenvalue weighted by Crippen LogP contribution is -2.33. The highest BCUT2D eigenvalue weighted by Gasteiger charge is 2.28. The summed E-state index contributed by atoms with van der Waals surface area (Å²) in [5.41, 5.74) is 0.598. The van der Waals surface area contributed by atoms with Crippen LogP contribution in [0.3, 0.4) is 0 Å². The van der Waals surface area contributed by atoms with Crippen LogP contribution >= 0.6 is 0 Å². The first-order valence-corrected chi connectivity index (χ1v) is 8.30. The highest BCUT2D eigenvalue weighted by atomic mass is 19.1. The largest absolute Gasteiger partial charge is 0.494 e. The standard InChI is InChI=1S/C18H24FN3O2/c1-22-9-8-20-18(22)17(13-6-10-24-11-7-13)21-12-14-4-3-5-15(23-2)16(14)19/h3-5,8-9,13,17,21H,6-7,10-12H2,1-2H3/t17-/m0/s1. The number of aryl methyl sites for hydroxylation is 1. The summed E-state index contributed by atoms with van der Waals surface area (Å²) < 4.78 is 26.9. The molecule has 1 atom stereocenters. The number of hydrogen-bond acceptors (Lipinski definition) is 4. The van der Waals surface area contributed by atoms with Crippen LogP contribution in [0.15, 0.2) is 30.6 Å². The SMILES string of the molecule is COc1cccc(CN[C@H](c2nccn2C)C2CCOCC2)c1F. The number of aromatic nitrogens is 2. The molecule has 1 aliphatic heterocycles. The number of hydrogen-bond donors (Lipinski definition) is 1. The minimum atomic E-state index is -0.307. The molecule has 1 aromatic carbocycles. The van der Waals surface area contributed by atoms with E-state index in [4.69, 9.17) is 9.47 Å². The average Bonchev–Trinajstić information content (AvgIpc) is 3.03. The van der Waals surface area contributed by atoms with Crippen molar-refractivity contribution < 1.29 is 13.9 Å². The Morgan fingerprint density at radius 3 is 2.88 bits per heavy atom. The summed E-state index contributed by atoms with van der Waals surface area (Å²) in [7, 11) is 3.47. The molecule has 24 heavy (non-hydrogen) atoms. The monoisotopic (exact) mass is 333 g/mol. The van der Waals surface area contributed by atoms with Gasteiger partial charge in [-0.05, 0) is 24.8 Å². The van der Waals surface area contributed by atoms with Gasteiger partial charge in [-0.2, -0.15) is 0 Å². The van der Waals surface area contributed by atoms with Crippen LogP contribution in [-0.4, -0.2) is 29.9 Å². The van der Waals surface area contributed by atoms with Crippen molar-refractivity contribution in [1.82, 2.24) is 14.9 Å². The predicted molar refractivity (Wildman–Crippen MR) is 89.3 cm³/mol. The second kappa shape index (κ2) is 7.77. The number of nitrogens with one attached hydrogen (secondary N) is 1. The zero-order chi connectivity index (χ0) is 16.9. The van der Waals surface area contributed by atoms with Gasteiger partial charge in [-0.1, -0.05) is 12.1 Å². The molecule has 3 rings (SSSR count). The van der Waals surface area contributed by atoms with Gasteiger partial charge < -0.3 is 19.4 Å². The topological polar surface area (TPSA) is 48.3 Å². The van der Waals surface area contributed by atoms with Crippen molar-refractivity contribution in [3.63, 3.8) is 0 Å². The van der Waals surface area contributed by atoms with Crippen LogP contribution in [0.25, 0.3) is 0 Å². The van der Waals surface area contributed by atoms with Gasteiger partial charge in [-0.15, -0.1) is 0 Å². The average molecular weight is 333 g/mol. The van der Waals surface area contributed by atoms with E-state index in [1.165, 1.54) is 7.11 Å². The van der Waals surface area contributed by atoms with Gasteiger partial charge in [-0.25, -0.2) is 9.37 Å². The van der Waals surface area contributed by atoms with Crippen LogP contribution in [0.1, 0.15) is 30.3 Å². The summed E-state index contributed by atoms with van der Waals surface area (Å²) in [5, 5.41) is 3.51. The molecule has 0 saturated carbocycles. The number of methoxy groups -OCH3 is 1. The maximum Gasteiger partial charge on any atom is 0.169 e. The van der Waals surface area contributed by atoms with Gasteiger partial charge in [0.2, 0.25) is 0 Å². The van der Waals surface area contributed by atoms with Crippen LogP contribution in [0, 0.1) is 11.7 Å². The number of nitrogens with zero attached hydrogens (tertiary/aromatic N) is 2. The van der Waals surface area contributed by atoms with E-state index in [1.807, 2.05) is 23.9 Å². The summed E-state index contributed by atoms with van der Waals surface area (Å²) in [6.07, 6.45) is 5.70. The van der Waals surface area contributed by atoms with Gasteiger partial charge in [0.05, 0.1) is 13.2 Å². The molecule has 0 unspecified atom stereocenters. The summed E-state index contributed by atoms with van der Waals surface area (Å²) in [4.78, 5) is 4.50. The lowest BCUT2D eigenvalue weighted by Gasteiger charge is -2.31. The summed E-state index contributed by atoms with van der Waals surface area (Å²) in [6, 6.07) is 5.29. The Kier molecular flexibility index (Phi) is 5.48. The number of imidazole rings is 1. The van der Waals surface area contributed by atoms with Crippen LogP contribution in [0.5, 0.6) is 5.75 Å². The second-order valence-electron chi connectivity index (χ2n) is 6.14. The summed E-state index contributed by atoms with van der Waals surface area (Å²) in [5.74, 6) is 1.37. The summed E-state index contributed by atoms with van der Waals surface area (Å²) >= 11 is 0. The van der Waals surface area contributed by atoms with Crippen molar-refractivity contribution in [3.8, 4) is 5.75 Å². The quantitative estimate of drug-likeness (QED) is 0.883. The van der Waals surface area contributed by atoms with E-state index in [2.05, 4.69) is 10.3 Å². The highest BCUT2D eigenvalue weighted by molar-refractivity contribution is 5.31. The lowest BCUT2D eigenvalue weighted by atomic mass is 9.91. The highest BCUT2D eigenvalue weighted by Crippen LogP contribution is 2.30. The van der Waals surface area contributed by atoms with Gasteiger partial charge >= 0.3 is 0 Å². The molecule has 1 N–H and O–H groups in total. The molecular formula is C18H24FN3O2. The predicted octanol–water partition coefficient (Wildman–Crippen LogP) is 2.83. The Bertz CT molecular complexity index is 668. The first kappa shape index (κ1) is 16.9. The number of ether oxygens (including phenoxy) is 2. The number of halogens is 1. The van der Waals surface area contributed by atoms with E-state index >= 15 is 0 Å². The molecule has 2 aromatic rings. The fraction of sp³-hybridized carbons (Fsp3) is 0.500. The van der Waals surface area contributed by atoms with E-state index in [1.54, 1.807) is 18.3 Å². The van der Waals surface area contributed by atoms with Crippen molar-refractivity contribution >= 4 is 0 Å². The molecule has 130 valence electrons. The maximum atomic E-state index is 14.4.